The number of aromatic nitrogens is 2. The maximum atomic E-state index is 12.4. The predicted molar refractivity (Wildman–Crippen MR) is 105 cm³/mol. The van der Waals surface area contributed by atoms with Gasteiger partial charge in [-0.15, -0.1) is 0 Å². The summed E-state index contributed by atoms with van der Waals surface area (Å²) in [6.07, 6.45) is 4.84. The van der Waals surface area contributed by atoms with Crippen molar-refractivity contribution in [2.24, 2.45) is 11.8 Å². The van der Waals surface area contributed by atoms with Gasteiger partial charge in [0, 0.05) is 18.7 Å². The largest absolute Gasteiger partial charge is 0.444 e. The summed E-state index contributed by atoms with van der Waals surface area (Å²) in [6.45, 7) is 6.99. The smallest absolute Gasteiger partial charge is 0.410 e. The van der Waals surface area contributed by atoms with E-state index in [0.29, 0.717) is 37.8 Å². The van der Waals surface area contributed by atoms with Gasteiger partial charge in [0.2, 0.25) is 0 Å². The second kappa shape index (κ2) is 5.83. The Labute approximate surface area is 165 Å². The van der Waals surface area contributed by atoms with Gasteiger partial charge < -0.3 is 19.3 Å². The lowest BCUT2D eigenvalue weighted by molar-refractivity contribution is -0.00401. The molecule has 1 N–H and O–H groups in total. The number of fused-ring (bicyclic) bond motifs is 4. The van der Waals surface area contributed by atoms with Gasteiger partial charge in [0.25, 0.3) is 0 Å². The highest BCUT2D eigenvalue weighted by Gasteiger charge is 2.55. The number of carbonyl (C=O) groups excluding carboxylic acids is 1. The number of benzene rings is 1. The molecule has 1 aliphatic carbocycles. The molecule has 2 aromatic rings. The molecule has 2 aliphatic heterocycles. The molecule has 6 heteroatoms. The molecule has 0 spiro atoms. The molecule has 3 unspecified atom stereocenters. The first-order chi connectivity index (χ1) is 13.3. The van der Waals surface area contributed by atoms with Crippen molar-refractivity contribution >= 4 is 6.09 Å². The van der Waals surface area contributed by atoms with E-state index in [-0.39, 0.29) is 12.1 Å². The van der Waals surface area contributed by atoms with Crippen LogP contribution in [0.15, 0.2) is 36.8 Å². The van der Waals surface area contributed by atoms with E-state index in [1.807, 2.05) is 50.3 Å². The number of likely N-dealkylation sites (tertiary alicyclic amines) is 1. The third kappa shape index (κ3) is 2.65. The van der Waals surface area contributed by atoms with E-state index in [0.717, 1.165) is 11.3 Å². The summed E-state index contributed by atoms with van der Waals surface area (Å²) < 4.78 is 7.66. The van der Waals surface area contributed by atoms with Gasteiger partial charge in [-0.25, -0.2) is 9.78 Å². The third-order valence-electron chi connectivity index (χ3n) is 6.44. The summed E-state index contributed by atoms with van der Waals surface area (Å²) in [5, 5.41) is 11.7. The SMILES string of the molecule is CC(C)(C)OC(=O)N1CC2CC(O)(C3c4ccccc4-c4cncn43)CC2C1. The van der Waals surface area contributed by atoms with Gasteiger partial charge in [-0.1, -0.05) is 24.3 Å². The van der Waals surface area contributed by atoms with E-state index < -0.39 is 11.2 Å². The number of rotatable bonds is 1. The Bertz CT molecular complexity index is 915. The topological polar surface area (TPSA) is 67.6 Å². The molecule has 2 fully saturated rings. The molecule has 1 saturated carbocycles. The van der Waals surface area contributed by atoms with Gasteiger partial charge in [-0.05, 0) is 51.0 Å². The molecule has 3 atom stereocenters. The van der Waals surface area contributed by atoms with E-state index >= 15 is 0 Å². The van der Waals surface area contributed by atoms with Crippen molar-refractivity contribution in [3.63, 3.8) is 0 Å². The Morgan fingerprint density at radius 1 is 1.21 bits per heavy atom. The highest BCUT2D eigenvalue weighted by atomic mass is 16.6. The number of hydrogen-bond acceptors (Lipinski definition) is 4. The molecule has 6 nitrogen and oxygen atoms in total. The molecule has 1 amide bonds. The summed E-state index contributed by atoms with van der Waals surface area (Å²) in [5.74, 6) is 0.606. The van der Waals surface area contributed by atoms with Crippen LogP contribution in [0.3, 0.4) is 0 Å². The van der Waals surface area contributed by atoms with Crippen molar-refractivity contribution < 1.29 is 14.6 Å². The monoisotopic (exact) mass is 381 g/mol. The zero-order chi connectivity index (χ0) is 19.7. The number of ether oxygens (including phenoxy) is 1. The van der Waals surface area contributed by atoms with Gasteiger partial charge >= 0.3 is 6.09 Å². The highest BCUT2D eigenvalue weighted by Crippen LogP contribution is 2.54. The molecule has 148 valence electrons. The summed E-state index contributed by atoms with van der Waals surface area (Å²) >= 11 is 0. The summed E-state index contributed by atoms with van der Waals surface area (Å²) in [6, 6.07) is 8.18. The number of hydrogen-bond donors (Lipinski definition) is 1. The molecule has 3 aliphatic rings. The zero-order valence-electron chi connectivity index (χ0n) is 16.6. The fraction of sp³-hybridized carbons (Fsp3) is 0.545. The average molecular weight is 381 g/mol. The van der Waals surface area contributed by atoms with Crippen molar-refractivity contribution in [3.05, 3.63) is 42.4 Å². The average Bonchev–Trinajstić information content (AvgIpc) is 3.31. The molecule has 0 radical (unpaired) electrons. The number of carbonyl (C=O) groups is 1. The van der Waals surface area contributed by atoms with Crippen LogP contribution in [0.1, 0.15) is 45.2 Å². The number of imidazole rings is 1. The van der Waals surface area contributed by atoms with Gasteiger partial charge in [-0.3, -0.25) is 0 Å². The van der Waals surface area contributed by atoms with Crippen LogP contribution < -0.4 is 0 Å². The Balaban J connectivity index is 1.37. The van der Waals surface area contributed by atoms with E-state index in [1.165, 1.54) is 5.56 Å². The zero-order valence-corrected chi connectivity index (χ0v) is 16.6. The quantitative estimate of drug-likeness (QED) is 0.821. The standard InChI is InChI=1S/C22H27N3O3/c1-21(2,3)28-20(26)24-11-14-8-22(27,9-15(14)12-24)19-17-7-5-4-6-16(17)18-10-23-13-25(18)19/h4-7,10,13-15,19,27H,8-9,11-12H2,1-3H3. The molecule has 28 heavy (non-hydrogen) atoms. The molecule has 3 heterocycles. The Morgan fingerprint density at radius 3 is 2.57 bits per heavy atom. The summed E-state index contributed by atoms with van der Waals surface area (Å²) in [7, 11) is 0. The third-order valence-corrected chi connectivity index (χ3v) is 6.44. The minimum Gasteiger partial charge on any atom is -0.444 e. The minimum atomic E-state index is -0.822. The fourth-order valence-corrected chi connectivity index (χ4v) is 5.48. The van der Waals surface area contributed by atoms with Crippen LogP contribution in [0.5, 0.6) is 0 Å². The van der Waals surface area contributed by atoms with Crippen LogP contribution in [0, 0.1) is 11.8 Å². The van der Waals surface area contributed by atoms with Gasteiger partial charge in [0.05, 0.1) is 29.9 Å². The van der Waals surface area contributed by atoms with E-state index in [1.54, 1.807) is 0 Å². The molecule has 0 bridgehead atoms. The van der Waals surface area contributed by atoms with Crippen molar-refractivity contribution in [1.29, 1.82) is 0 Å². The lowest BCUT2D eigenvalue weighted by atomic mass is 9.85. The first-order valence-electron chi connectivity index (χ1n) is 10.1. The van der Waals surface area contributed by atoms with Crippen molar-refractivity contribution in [3.8, 4) is 11.3 Å². The molecular weight excluding hydrogens is 354 g/mol. The molecular formula is C22H27N3O3. The number of aliphatic hydroxyl groups is 1. The van der Waals surface area contributed by atoms with Crippen LogP contribution in [-0.2, 0) is 4.74 Å². The first kappa shape index (κ1) is 17.7. The highest BCUT2D eigenvalue weighted by molar-refractivity contribution is 5.70. The molecule has 5 rings (SSSR count). The normalized spacial score (nSPS) is 30.9. The maximum absolute atomic E-state index is 12.4. The summed E-state index contributed by atoms with van der Waals surface area (Å²) in [4.78, 5) is 18.6. The van der Waals surface area contributed by atoms with Crippen LogP contribution in [0.25, 0.3) is 11.3 Å². The Hall–Kier alpha value is -2.34. The minimum absolute atomic E-state index is 0.109. The molecule has 1 aromatic heterocycles. The second-order valence-corrected chi connectivity index (χ2v) is 9.59. The predicted octanol–water partition coefficient (Wildman–Crippen LogP) is 3.46. The maximum Gasteiger partial charge on any atom is 0.410 e. The molecule has 1 aromatic carbocycles. The van der Waals surface area contributed by atoms with E-state index in [4.69, 9.17) is 4.74 Å². The summed E-state index contributed by atoms with van der Waals surface area (Å²) in [5.41, 5.74) is 2.09. The van der Waals surface area contributed by atoms with Crippen LogP contribution in [0.2, 0.25) is 0 Å². The Morgan fingerprint density at radius 2 is 1.89 bits per heavy atom. The molecule has 1 saturated heterocycles. The van der Waals surface area contributed by atoms with Gasteiger partial charge in [0.15, 0.2) is 0 Å². The fourth-order valence-electron chi connectivity index (χ4n) is 5.48. The van der Waals surface area contributed by atoms with E-state index in [2.05, 4.69) is 21.7 Å². The van der Waals surface area contributed by atoms with Crippen LogP contribution >= 0.6 is 0 Å². The lowest BCUT2D eigenvalue weighted by Gasteiger charge is -2.33. The van der Waals surface area contributed by atoms with Crippen molar-refractivity contribution in [2.45, 2.75) is 50.9 Å². The van der Waals surface area contributed by atoms with Gasteiger partial charge in [-0.2, -0.15) is 0 Å². The second-order valence-electron chi connectivity index (χ2n) is 9.59. The van der Waals surface area contributed by atoms with Crippen molar-refractivity contribution in [2.75, 3.05) is 13.1 Å². The van der Waals surface area contributed by atoms with Gasteiger partial charge in [0.1, 0.15) is 5.60 Å². The van der Waals surface area contributed by atoms with Crippen LogP contribution in [0.4, 0.5) is 4.79 Å². The van der Waals surface area contributed by atoms with E-state index in [9.17, 15) is 9.90 Å². The first-order valence-corrected chi connectivity index (χ1v) is 10.1. The number of amides is 1. The van der Waals surface area contributed by atoms with Crippen LogP contribution in [-0.4, -0.2) is 49.9 Å². The Kier molecular flexibility index (Phi) is 3.69. The van der Waals surface area contributed by atoms with Crippen molar-refractivity contribution in [1.82, 2.24) is 14.5 Å². The number of nitrogens with zero attached hydrogens (tertiary/aromatic N) is 3. The lowest BCUT2D eigenvalue weighted by Crippen LogP contribution is -2.40.